The van der Waals surface area contributed by atoms with Crippen molar-refractivity contribution < 1.29 is 14.3 Å². The van der Waals surface area contributed by atoms with E-state index in [1.165, 1.54) is 5.56 Å². The Kier molecular flexibility index (Phi) is 14.0. The van der Waals surface area contributed by atoms with Gasteiger partial charge in [-0.2, -0.15) is 0 Å². The summed E-state index contributed by atoms with van der Waals surface area (Å²) in [5.41, 5.74) is 2.86. The minimum atomic E-state index is -0.0608. The van der Waals surface area contributed by atoms with Crippen molar-refractivity contribution in [2.45, 2.75) is 40.2 Å². The topological polar surface area (TPSA) is 84.0 Å². The number of nitrogens with one attached hydrogen (secondary N) is 3. The number of benzene rings is 2. The second-order valence-electron chi connectivity index (χ2n) is 7.20. The molecule has 0 unspecified atom stereocenters. The number of hydrogen-bond donors (Lipinski definition) is 3. The van der Waals surface area contributed by atoms with Crippen LogP contribution in [0.15, 0.2) is 47.5 Å². The van der Waals surface area contributed by atoms with Crippen molar-refractivity contribution in [2.75, 3.05) is 33.4 Å². The number of rotatable bonds is 12. The van der Waals surface area contributed by atoms with Gasteiger partial charge in [0.2, 0.25) is 0 Å². The largest absolute Gasteiger partial charge is 0.493 e. The third-order valence-corrected chi connectivity index (χ3v) is 4.75. The first-order valence-corrected chi connectivity index (χ1v) is 11.3. The molecule has 0 radical (unpaired) electrons. The number of methoxy groups -OCH3 is 1. The summed E-state index contributed by atoms with van der Waals surface area (Å²) < 4.78 is 11.0. The first kappa shape index (κ1) is 28.5. The Bertz CT molecular complexity index is 890. The second-order valence-corrected chi connectivity index (χ2v) is 7.20. The highest BCUT2D eigenvalue weighted by Gasteiger charge is 2.07. The fourth-order valence-electron chi connectivity index (χ4n) is 3.23. The number of carbonyl (C=O) groups excluding carboxylic acids is 1. The van der Waals surface area contributed by atoms with Gasteiger partial charge in [-0.1, -0.05) is 18.2 Å². The summed E-state index contributed by atoms with van der Waals surface area (Å²) in [7, 11) is 1.65. The lowest BCUT2D eigenvalue weighted by Gasteiger charge is -2.13. The van der Waals surface area contributed by atoms with E-state index in [4.69, 9.17) is 9.47 Å². The molecular formula is C25H37IN4O3. The number of aliphatic imine (C=N–C) groups is 1. The Labute approximate surface area is 214 Å². The zero-order valence-electron chi connectivity index (χ0n) is 20.1. The van der Waals surface area contributed by atoms with Gasteiger partial charge in [0.1, 0.15) is 0 Å². The second kappa shape index (κ2) is 16.2. The minimum Gasteiger partial charge on any atom is -0.493 e. The molecule has 33 heavy (non-hydrogen) atoms. The number of nitrogens with zero attached hydrogens (tertiary/aromatic N) is 1. The molecule has 8 heteroatoms. The normalized spacial score (nSPS) is 10.7. The van der Waals surface area contributed by atoms with E-state index in [9.17, 15) is 4.79 Å². The Balaban J connectivity index is 0.00000544. The van der Waals surface area contributed by atoms with Crippen LogP contribution in [-0.4, -0.2) is 45.2 Å². The number of carbonyl (C=O) groups is 1. The summed E-state index contributed by atoms with van der Waals surface area (Å²) >= 11 is 0. The summed E-state index contributed by atoms with van der Waals surface area (Å²) in [6, 6.07) is 13.6. The summed E-state index contributed by atoms with van der Waals surface area (Å²) in [5, 5.41) is 9.48. The van der Waals surface area contributed by atoms with E-state index in [1.807, 2.05) is 57.2 Å². The van der Waals surface area contributed by atoms with Crippen molar-refractivity contribution in [1.29, 1.82) is 0 Å². The molecule has 0 saturated heterocycles. The van der Waals surface area contributed by atoms with Gasteiger partial charge in [0, 0.05) is 25.2 Å². The molecular weight excluding hydrogens is 531 g/mol. The molecule has 0 spiro atoms. The van der Waals surface area contributed by atoms with Gasteiger partial charge >= 0.3 is 0 Å². The first-order valence-electron chi connectivity index (χ1n) is 11.3. The summed E-state index contributed by atoms with van der Waals surface area (Å²) in [4.78, 5) is 16.7. The van der Waals surface area contributed by atoms with Gasteiger partial charge < -0.3 is 25.4 Å². The molecule has 0 heterocycles. The van der Waals surface area contributed by atoms with Gasteiger partial charge in [0.05, 0.1) is 20.3 Å². The molecule has 0 atom stereocenters. The first-order chi connectivity index (χ1) is 15.6. The van der Waals surface area contributed by atoms with E-state index in [0.717, 1.165) is 49.0 Å². The predicted molar refractivity (Wildman–Crippen MR) is 145 cm³/mol. The molecule has 3 N–H and O–H groups in total. The van der Waals surface area contributed by atoms with E-state index in [2.05, 4.69) is 27.0 Å². The Hall–Kier alpha value is -2.49. The van der Waals surface area contributed by atoms with Crippen LogP contribution in [-0.2, 0) is 13.0 Å². The van der Waals surface area contributed by atoms with Gasteiger partial charge in [0.15, 0.2) is 17.5 Å². The zero-order chi connectivity index (χ0) is 23.2. The molecule has 2 aromatic rings. The van der Waals surface area contributed by atoms with E-state index in [1.54, 1.807) is 7.11 Å². The van der Waals surface area contributed by atoms with Crippen LogP contribution >= 0.6 is 24.0 Å². The molecule has 0 aliphatic heterocycles. The summed E-state index contributed by atoms with van der Waals surface area (Å²) in [6.07, 6.45) is 1.88. The quantitative estimate of drug-likeness (QED) is 0.155. The zero-order valence-corrected chi connectivity index (χ0v) is 22.4. The standard InChI is InChI=1S/C25H36N4O3.HI/c1-5-26-24(30)21-12-8-10-20(16-21)18-29-25(27-6-2)28-15-9-11-19-13-14-22(31-4)23(17-19)32-7-3;/h8,10,12-14,16-17H,5-7,9,11,15,18H2,1-4H3,(H,26,30)(H2,27,28,29);1H. The molecule has 0 fully saturated rings. The molecule has 0 aliphatic rings. The van der Waals surface area contributed by atoms with Crippen LogP contribution in [0.2, 0.25) is 0 Å². The number of hydrogen-bond acceptors (Lipinski definition) is 4. The minimum absolute atomic E-state index is 0. The van der Waals surface area contributed by atoms with Crippen LogP contribution in [0.5, 0.6) is 11.5 Å². The molecule has 1 amide bonds. The third-order valence-electron chi connectivity index (χ3n) is 4.75. The third kappa shape index (κ3) is 9.89. The van der Waals surface area contributed by atoms with Gasteiger partial charge in [-0.15, -0.1) is 24.0 Å². The van der Waals surface area contributed by atoms with Gasteiger partial charge in [0.25, 0.3) is 5.91 Å². The van der Waals surface area contributed by atoms with Crippen molar-refractivity contribution in [3.8, 4) is 11.5 Å². The number of amides is 1. The summed E-state index contributed by atoms with van der Waals surface area (Å²) in [5.74, 6) is 2.24. The number of guanidine groups is 1. The lowest BCUT2D eigenvalue weighted by Crippen LogP contribution is -2.37. The van der Waals surface area contributed by atoms with E-state index >= 15 is 0 Å². The van der Waals surface area contributed by atoms with E-state index in [0.29, 0.717) is 25.3 Å². The van der Waals surface area contributed by atoms with E-state index in [-0.39, 0.29) is 29.9 Å². The highest BCUT2D eigenvalue weighted by atomic mass is 127. The molecule has 0 bridgehead atoms. The Morgan fingerprint density at radius 1 is 0.939 bits per heavy atom. The van der Waals surface area contributed by atoms with Crippen LogP contribution in [0.3, 0.4) is 0 Å². The lowest BCUT2D eigenvalue weighted by atomic mass is 10.1. The highest BCUT2D eigenvalue weighted by Crippen LogP contribution is 2.28. The average molecular weight is 569 g/mol. The molecule has 2 aromatic carbocycles. The van der Waals surface area contributed by atoms with Crippen LogP contribution < -0.4 is 25.4 Å². The van der Waals surface area contributed by atoms with Crippen LogP contribution in [0, 0.1) is 0 Å². The van der Waals surface area contributed by atoms with Crippen molar-refractivity contribution >= 4 is 35.8 Å². The maximum absolute atomic E-state index is 12.0. The fourth-order valence-corrected chi connectivity index (χ4v) is 3.23. The van der Waals surface area contributed by atoms with Gasteiger partial charge in [-0.05, 0) is 69.0 Å². The van der Waals surface area contributed by atoms with Crippen LogP contribution in [0.25, 0.3) is 0 Å². The highest BCUT2D eigenvalue weighted by molar-refractivity contribution is 14.0. The maximum atomic E-state index is 12.0. The van der Waals surface area contributed by atoms with Crippen molar-refractivity contribution in [1.82, 2.24) is 16.0 Å². The predicted octanol–water partition coefficient (Wildman–Crippen LogP) is 4.15. The van der Waals surface area contributed by atoms with Crippen LogP contribution in [0.1, 0.15) is 48.7 Å². The molecule has 0 aromatic heterocycles. The van der Waals surface area contributed by atoms with Gasteiger partial charge in [-0.25, -0.2) is 4.99 Å². The van der Waals surface area contributed by atoms with Crippen LogP contribution in [0.4, 0.5) is 0 Å². The SMILES string of the molecule is CCNC(=O)c1cccc(CN=C(NCC)NCCCc2ccc(OC)c(OCC)c2)c1.I. The molecule has 0 aliphatic carbocycles. The monoisotopic (exact) mass is 568 g/mol. The number of halogens is 1. The van der Waals surface area contributed by atoms with Crippen molar-refractivity contribution in [2.24, 2.45) is 4.99 Å². The fraction of sp³-hybridized carbons (Fsp3) is 0.440. The van der Waals surface area contributed by atoms with E-state index < -0.39 is 0 Å². The summed E-state index contributed by atoms with van der Waals surface area (Å²) in [6.45, 7) is 9.20. The smallest absolute Gasteiger partial charge is 0.251 e. The number of aryl methyl sites for hydroxylation is 1. The Morgan fingerprint density at radius 2 is 1.73 bits per heavy atom. The molecule has 182 valence electrons. The average Bonchev–Trinajstić information content (AvgIpc) is 2.81. The van der Waals surface area contributed by atoms with Gasteiger partial charge in [-0.3, -0.25) is 4.79 Å². The lowest BCUT2D eigenvalue weighted by molar-refractivity contribution is 0.0955. The van der Waals surface area contributed by atoms with Crippen molar-refractivity contribution in [3.63, 3.8) is 0 Å². The van der Waals surface area contributed by atoms with Crippen molar-refractivity contribution in [3.05, 3.63) is 59.2 Å². The maximum Gasteiger partial charge on any atom is 0.251 e. The molecule has 0 saturated carbocycles. The number of ether oxygens (including phenoxy) is 2. The Morgan fingerprint density at radius 3 is 2.42 bits per heavy atom. The molecule has 7 nitrogen and oxygen atoms in total. The molecule has 2 rings (SSSR count).